The number of esters is 1. The molecular weight excluding hydrogens is 282 g/mol. The minimum atomic E-state index is -0.366. The number of hydrogen-bond acceptors (Lipinski definition) is 4. The zero-order valence-electron chi connectivity index (χ0n) is 13.2. The van der Waals surface area contributed by atoms with Gasteiger partial charge in [0.2, 0.25) is 0 Å². The Hall–Kier alpha value is -1.82. The molecule has 0 aromatic rings. The van der Waals surface area contributed by atoms with Crippen molar-refractivity contribution in [2.24, 2.45) is 0 Å². The van der Waals surface area contributed by atoms with Crippen molar-refractivity contribution in [1.82, 2.24) is 15.5 Å². The first kappa shape index (κ1) is 16.5. The fourth-order valence-electron chi connectivity index (χ4n) is 3.06. The van der Waals surface area contributed by atoms with Crippen LogP contribution in [0.15, 0.2) is 23.9 Å². The van der Waals surface area contributed by atoms with Crippen molar-refractivity contribution in [2.75, 3.05) is 26.2 Å². The Bertz CT molecular complexity index is 467. The second-order valence-corrected chi connectivity index (χ2v) is 5.64. The minimum absolute atomic E-state index is 0.215. The predicted octanol–water partition coefficient (Wildman–Crippen LogP) is 1.55. The van der Waals surface area contributed by atoms with E-state index in [1.54, 1.807) is 6.92 Å². The van der Waals surface area contributed by atoms with E-state index in [1.165, 1.54) is 12.8 Å². The molecule has 6 heteroatoms. The molecule has 22 heavy (non-hydrogen) atoms. The summed E-state index contributed by atoms with van der Waals surface area (Å²) in [5.41, 5.74) is 1.16. The Balaban J connectivity index is 2.16. The summed E-state index contributed by atoms with van der Waals surface area (Å²) in [5, 5.41) is 5.40. The van der Waals surface area contributed by atoms with Gasteiger partial charge in [-0.15, -0.1) is 6.58 Å². The van der Waals surface area contributed by atoms with Crippen LogP contribution in [0, 0.1) is 0 Å². The van der Waals surface area contributed by atoms with Crippen molar-refractivity contribution in [3.05, 3.63) is 23.9 Å². The topological polar surface area (TPSA) is 70.7 Å². The quantitative estimate of drug-likeness (QED) is 0.553. The van der Waals surface area contributed by atoms with Crippen LogP contribution in [0.3, 0.4) is 0 Å². The molecule has 0 spiro atoms. The summed E-state index contributed by atoms with van der Waals surface area (Å²) in [7, 11) is 0. The van der Waals surface area contributed by atoms with Gasteiger partial charge in [0.15, 0.2) is 0 Å². The maximum absolute atomic E-state index is 12.1. The maximum Gasteiger partial charge on any atom is 0.337 e. The summed E-state index contributed by atoms with van der Waals surface area (Å²) in [5.74, 6) is -0.366. The zero-order valence-corrected chi connectivity index (χ0v) is 13.2. The number of carbonyl (C=O) groups excluding carboxylic acids is 2. The van der Waals surface area contributed by atoms with Crippen molar-refractivity contribution in [3.63, 3.8) is 0 Å². The number of hydrogen-bond donors (Lipinski definition) is 2. The molecule has 0 unspecified atom stereocenters. The van der Waals surface area contributed by atoms with Crippen LogP contribution < -0.4 is 10.6 Å². The van der Waals surface area contributed by atoms with Gasteiger partial charge in [-0.25, -0.2) is 9.59 Å². The third-order valence-electron chi connectivity index (χ3n) is 4.14. The summed E-state index contributed by atoms with van der Waals surface area (Å²) in [6, 6.07) is 0.216. The van der Waals surface area contributed by atoms with Crippen LogP contribution in [0.25, 0.3) is 0 Å². The summed E-state index contributed by atoms with van der Waals surface area (Å²) in [4.78, 5) is 26.0. The monoisotopic (exact) mass is 307 g/mol. The number of amides is 2. The molecule has 2 N–H and O–H groups in total. The molecule has 0 radical (unpaired) electrons. The van der Waals surface area contributed by atoms with Gasteiger partial charge >= 0.3 is 12.0 Å². The van der Waals surface area contributed by atoms with Crippen LogP contribution in [-0.2, 0) is 9.53 Å². The SMILES string of the molecule is C=CCN(CC1=C(C(=O)OCC)CNC(=O)N1)C1CCCC1. The molecule has 6 nitrogen and oxygen atoms in total. The lowest BCUT2D eigenvalue weighted by Gasteiger charge is -2.31. The van der Waals surface area contributed by atoms with Gasteiger partial charge in [-0.1, -0.05) is 18.9 Å². The number of nitrogens with one attached hydrogen (secondary N) is 2. The normalized spacial score (nSPS) is 19.1. The number of rotatable bonds is 7. The summed E-state index contributed by atoms with van der Waals surface area (Å²) in [6.45, 7) is 7.41. The van der Waals surface area contributed by atoms with Crippen molar-refractivity contribution in [3.8, 4) is 0 Å². The lowest BCUT2D eigenvalue weighted by Crippen LogP contribution is -2.48. The first-order valence-electron chi connectivity index (χ1n) is 7.94. The van der Waals surface area contributed by atoms with Crippen molar-refractivity contribution in [1.29, 1.82) is 0 Å². The lowest BCUT2D eigenvalue weighted by molar-refractivity contribution is -0.138. The van der Waals surface area contributed by atoms with Gasteiger partial charge in [0.1, 0.15) is 0 Å². The standard InChI is InChI=1S/C16H25N3O3/c1-3-9-19(12-7-5-6-8-12)11-14-13(15(20)22-4-2)10-17-16(21)18-14/h3,12H,1,4-11H2,2H3,(H2,17,18,21). The van der Waals surface area contributed by atoms with Crippen LogP contribution in [0.2, 0.25) is 0 Å². The van der Waals surface area contributed by atoms with E-state index in [0.29, 0.717) is 30.5 Å². The first-order valence-corrected chi connectivity index (χ1v) is 7.94. The second-order valence-electron chi connectivity index (χ2n) is 5.64. The molecule has 0 atom stereocenters. The third-order valence-corrected chi connectivity index (χ3v) is 4.14. The first-order chi connectivity index (χ1) is 10.7. The number of ether oxygens (including phenoxy) is 1. The molecule has 0 saturated heterocycles. The predicted molar refractivity (Wildman–Crippen MR) is 84.2 cm³/mol. The molecule has 1 aliphatic heterocycles. The van der Waals surface area contributed by atoms with E-state index >= 15 is 0 Å². The molecule has 1 aliphatic carbocycles. The van der Waals surface area contributed by atoms with Gasteiger partial charge in [-0.05, 0) is 19.8 Å². The van der Waals surface area contributed by atoms with Crippen LogP contribution in [0.1, 0.15) is 32.6 Å². The third kappa shape index (κ3) is 4.10. The van der Waals surface area contributed by atoms with E-state index < -0.39 is 0 Å². The molecule has 2 aliphatic rings. The molecule has 1 saturated carbocycles. The molecule has 2 amide bonds. The Kier molecular flexibility index (Phi) is 6.00. The average molecular weight is 307 g/mol. The second kappa shape index (κ2) is 7.98. The molecule has 0 aromatic carbocycles. The molecule has 0 aromatic heterocycles. The molecular formula is C16H25N3O3. The highest BCUT2D eigenvalue weighted by atomic mass is 16.5. The van der Waals surface area contributed by atoms with E-state index in [9.17, 15) is 9.59 Å². The maximum atomic E-state index is 12.1. The minimum Gasteiger partial charge on any atom is -0.463 e. The Morgan fingerprint density at radius 1 is 1.45 bits per heavy atom. The van der Waals surface area contributed by atoms with Crippen LogP contribution in [0.4, 0.5) is 4.79 Å². The Morgan fingerprint density at radius 3 is 2.82 bits per heavy atom. The molecule has 1 fully saturated rings. The fraction of sp³-hybridized carbons (Fsp3) is 0.625. The van der Waals surface area contributed by atoms with Gasteiger partial charge in [-0.3, -0.25) is 4.90 Å². The Morgan fingerprint density at radius 2 is 2.18 bits per heavy atom. The highest BCUT2D eigenvalue weighted by Gasteiger charge is 2.28. The Labute approximate surface area is 131 Å². The highest BCUT2D eigenvalue weighted by Crippen LogP contribution is 2.24. The lowest BCUT2D eigenvalue weighted by atomic mass is 10.1. The molecule has 2 rings (SSSR count). The van der Waals surface area contributed by atoms with E-state index in [0.717, 1.165) is 19.4 Å². The van der Waals surface area contributed by atoms with E-state index in [4.69, 9.17) is 4.74 Å². The molecule has 122 valence electrons. The van der Waals surface area contributed by atoms with Crippen LogP contribution in [0.5, 0.6) is 0 Å². The number of carbonyl (C=O) groups is 2. The van der Waals surface area contributed by atoms with Gasteiger partial charge in [0.25, 0.3) is 0 Å². The number of nitrogens with zero attached hydrogens (tertiary/aromatic N) is 1. The smallest absolute Gasteiger partial charge is 0.337 e. The summed E-state index contributed by atoms with van der Waals surface area (Å²) < 4.78 is 5.09. The summed E-state index contributed by atoms with van der Waals surface area (Å²) >= 11 is 0. The summed E-state index contributed by atoms with van der Waals surface area (Å²) in [6.07, 6.45) is 6.64. The van der Waals surface area contributed by atoms with Crippen molar-refractivity contribution < 1.29 is 14.3 Å². The van der Waals surface area contributed by atoms with E-state index in [-0.39, 0.29) is 18.5 Å². The number of urea groups is 1. The largest absolute Gasteiger partial charge is 0.463 e. The van der Waals surface area contributed by atoms with Crippen LogP contribution in [-0.4, -0.2) is 49.2 Å². The molecule has 0 bridgehead atoms. The van der Waals surface area contributed by atoms with Gasteiger partial charge in [0.05, 0.1) is 18.7 Å². The highest BCUT2D eigenvalue weighted by molar-refractivity contribution is 5.93. The van der Waals surface area contributed by atoms with E-state index in [2.05, 4.69) is 22.1 Å². The van der Waals surface area contributed by atoms with E-state index in [1.807, 2.05) is 6.08 Å². The van der Waals surface area contributed by atoms with Gasteiger partial charge < -0.3 is 15.4 Å². The zero-order chi connectivity index (χ0) is 15.9. The van der Waals surface area contributed by atoms with Crippen molar-refractivity contribution in [2.45, 2.75) is 38.6 Å². The van der Waals surface area contributed by atoms with Gasteiger partial charge in [-0.2, -0.15) is 0 Å². The van der Waals surface area contributed by atoms with Crippen LogP contribution >= 0.6 is 0 Å². The van der Waals surface area contributed by atoms with Gasteiger partial charge in [0, 0.05) is 24.8 Å². The average Bonchev–Trinajstić information content (AvgIpc) is 3.01. The fourth-order valence-corrected chi connectivity index (χ4v) is 3.06. The molecule has 1 heterocycles. The van der Waals surface area contributed by atoms with Crippen molar-refractivity contribution >= 4 is 12.0 Å².